The average molecular weight is 256 g/mol. The molecular formula is C17H24N2. The Labute approximate surface area is 116 Å². The van der Waals surface area contributed by atoms with Crippen molar-refractivity contribution in [2.24, 2.45) is 17.1 Å². The number of benzene rings is 1. The van der Waals surface area contributed by atoms with E-state index in [1.807, 2.05) is 6.07 Å². The van der Waals surface area contributed by atoms with E-state index >= 15 is 0 Å². The fraction of sp³-hybridized carbons (Fsp3) is 0.412. The summed E-state index contributed by atoms with van der Waals surface area (Å²) in [6.07, 6.45) is 5.31. The van der Waals surface area contributed by atoms with Crippen molar-refractivity contribution in [3.63, 3.8) is 0 Å². The highest BCUT2D eigenvalue weighted by Gasteiger charge is 2.31. The number of nitrogen functional groups attached to an aromatic ring is 1. The molecule has 2 rings (SSSR count). The van der Waals surface area contributed by atoms with Gasteiger partial charge in [-0.2, -0.15) is 0 Å². The highest BCUT2D eigenvalue weighted by Crippen LogP contribution is 2.40. The van der Waals surface area contributed by atoms with Gasteiger partial charge in [-0.05, 0) is 60.9 Å². The van der Waals surface area contributed by atoms with Crippen molar-refractivity contribution in [2.75, 3.05) is 5.73 Å². The van der Waals surface area contributed by atoms with Gasteiger partial charge in [-0.1, -0.05) is 31.6 Å². The van der Waals surface area contributed by atoms with Gasteiger partial charge < -0.3 is 11.5 Å². The van der Waals surface area contributed by atoms with Gasteiger partial charge in [-0.25, -0.2) is 0 Å². The molecule has 0 heterocycles. The molecule has 1 aromatic rings. The van der Waals surface area contributed by atoms with Gasteiger partial charge in [0.25, 0.3) is 0 Å². The summed E-state index contributed by atoms with van der Waals surface area (Å²) in [6.45, 7) is 8.82. The quantitative estimate of drug-likeness (QED) is 0.795. The van der Waals surface area contributed by atoms with Crippen LogP contribution in [0.25, 0.3) is 0 Å². The third kappa shape index (κ3) is 2.83. The smallest absolute Gasteiger partial charge is 0.0316 e. The summed E-state index contributed by atoms with van der Waals surface area (Å²) in [5, 5.41) is 0. The molecule has 102 valence electrons. The second kappa shape index (κ2) is 4.76. The lowest BCUT2D eigenvalue weighted by Gasteiger charge is -2.36. The van der Waals surface area contributed by atoms with Crippen LogP contribution < -0.4 is 11.5 Å². The summed E-state index contributed by atoms with van der Waals surface area (Å²) in [7, 11) is 0. The molecule has 0 bridgehead atoms. The average Bonchev–Trinajstić information content (AvgIpc) is 2.24. The van der Waals surface area contributed by atoms with E-state index < -0.39 is 0 Å². The Morgan fingerprint density at radius 2 is 1.84 bits per heavy atom. The van der Waals surface area contributed by atoms with Crippen LogP contribution >= 0.6 is 0 Å². The lowest BCUT2D eigenvalue weighted by atomic mass is 9.69. The Morgan fingerprint density at radius 1 is 1.16 bits per heavy atom. The van der Waals surface area contributed by atoms with Gasteiger partial charge in [-0.15, -0.1) is 0 Å². The number of hydrogen-bond donors (Lipinski definition) is 2. The van der Waals surface area contributed by atoms with Crippen molar-refractivity contribution >= 4 is 5.69 Å². The molecule has 1 aliphatic carbocycles. The van der Waals surface area contributed by atoms with Crippen LogP contribution in [-0.2, 0) is 6.42 Å². The molecule has 2 heteroatoms. The van der Waals surface area contributed by atoms with Crippen LogP contribution in [0, 0.1) is 18.3 Å². The van der Waals surface area contributed by atoms with Crippen LogP contribution in [0.15, 0.2) is 41.6 Å². The zero-order chi connectivity index (χ0) is 14.2. The van der Waals surface area contributed by atoms with Gasteiger partial charge >= 0.3 is 0 Å². The number of nitrogens with two attached hydrogens (primary N) is 2. The summed E-state index contributed by atoms with van der Waals surface area (Å²) in [5.74, 6) is 0.488. The standard InChI is InChI=1S/C17H24N2/c1-11-7-14(18)6-5-13(11)9-16-12(2)8-15(19)10-17(16,3)4/h5-8,10,16H,9,18-19H2,1-4H3. The zero-order valence-electron chi connectivity index (χ0n) is 12.3. The SMILES string of the molecule is CC1=CC(N)=CC(C)(C)C1Cc1ccc(N)cc1C. The highest BCUT2D eigenvalue weighted by molar-refractivity contribution is 5.45. The topological polar surface area (TPSA) is 52.0 Å². The van der Waals surface area contributed by atoms with Gasteiger partial charge in [0, 0.05) is 11.4 Å². The first-order valence-electron chi connectivity index (χ1n) is 6.81. The van der Waals surface area contributed by atoms with Gasteiger partial charge in [0.1, 0.15) is 0 Å². The van der Waals surface area contributed by atoms with Crippen LogP contribution in [0.5, 0.6) is 0 Å². The third-order valence-electron chi connectivity index (χ3n) is 4.17. The first-order valence-corrected chi connectivity index (χ1v) is 6.81. The fourth-order valence-corrected chi connectivity index (χ4v) is 3.11. The summed E-state index contributed by atoms with van der Waals surface area (Å²) in [5.41, 5.74) is 17.6. The van der Waals surface area contributed by atoms with Crippen LogP contribution in [0.1, 0.15) is 31.9 Å². The minimum Gasteiger partial charge on any atom is -0.399 e. The summed E-state index contributed by atoms with van der Waals surface area (Å²) >= 11 is 0. The molecule has 2 nitrogen and oxygen atoms in total. The van der Waals surface area contributed by atoms with E-state index in [0.29, 0.717) is 5.92 Å². The molecule has 0 fully saturated rings. The van der Waals surface area contributed by atoms with E-state index in [4.69, 9.17) is 11.5 Å². The fourth-order valence-electron chi connectivity index (χ4n) is 3.11. The van der Waals surface area contributed by atoms with Gasteiger partial charge in [0.15, 0.2) is 0 Å². The predicted molar refractivity (Wildman–Crippen MR) is 82.6 cm³/mol. The Balaban J connectivity index is 2.30. The maximum atomic E-state index is 5.97. The van der Waals surface area contributed by atoms with Crippen molar-refractivity contribution in [3.05, 3.63) is 52.7 Å². The molecule has 19 heavy (non-hydrogen) atoms. The van der Waals surface area contributed by atoms with Crippen molar-refractivity contribution < 1.29 is 0 Å². The molecule has 1 aromatic carbocycles. The molecule has 1 atom stereocenters. The number of anilines is 1. The Hall–Kier alpha value is -1.70. The lowest BCUT2D eigenvalue weighted by Crippen LogP contribution is -2.29. The molecule has 0 aliphatic heterocycles. The maximum absolute atomic E-state index is 5.97. The van der Waals surface area contributed by atoms with Crippen molar-refractivity contribution in [1.82, 2.24) is 0 Å². The first kappa shape index (κ1) is 13.7. The van der Waals surface area contributed by atoms with Crippen LogP contribution in [0.2, 0.25) is 0 Å². The van der Waals surface area contributed by atoms with Crippen molar-refractivity contribution in [1.29, 1.82) is 0 Å². The minimum absolute atomic E-state index is 0.0940. The lowest BCUT2D eigenvalue weighted by molar-refractivity contribution is 0.317. The van der Waals surface area contributed by atoms with Gasteiger partial charge in [0.2, 0.25) is 0 Å². The van der Waals surface area contributed by atoms with Crippen LogP contribution in [0.3, 0.4) is 0 Å². The maximum Gasteiger partial charge on any atom is 0.0316 e. The summed E-state index contributed by atoms with van der Waals surface area (Å²) < 4.78 is 0. The summed E-state index contributed by atoms with van der Waals surface area (Å²) in [6, 6.07) is 6.19. The third-order valence-corrected chi connectivity index (χ3v) is 4.17. The van der Waals surface area contributed by atoms with Gasteiger partial charge in [0.05, 0.1) is 0 Å². The molecule has 1 aliphatic rings. The molecule has 0 saturated heterocycles. The zero-order valence-corrected chi connectivity index (χ0v) is 12.3. The number of hydrogen-bond acceptors (Lipinski definition) is 2. The molecule has 0 saturated carbocycles. The highest BCUT2D eigenvalue weighted by atomic mass is 14.6. The first-order chi connectivity index (χ1) is 8.79. The number of aryl methyl sites for hydroxylation is 1. The van der Waals surface area contributed by atoms with E-state index in [1.54, 1.807) is 0 Å². The predicted octanol–water partition coefficient (Wildman–Crippen LogP) is 3.56. The van der Waals surface area contributed by atoms with E-state index in [0.717, 1.165) is 17.8 Å². The molecule has 0 amide bonds. The van der Waals surface area contributed by atoms with Crippen LogP contribution in [-0.4, -0.2) is 0 Å². The molecule has 0 aromatic heterocycles. The van der Waals surface area contributed by atoms with E-state index in [9.17, 15) is 0 Å². The summed E-state index contributed by atoms with van der Waals surface area (Å²) in [4.78, 5) is 0. The van der Waals surface area contributed by atoms with E-state index in [1.165, 1.54) is 16.7 Å². The van der Waals surface area contributed by atoms with Gasteiger partial charge in [-0.3, -0.25) is 0 Å². The second-order valence-corrected chi connectivity index (χ2v) is 6.30. The number of allylic oxidation sites excluding steroid dienone is 3. The minimum atomic E-state index is 0.0940. The Bertz CT molecular complexity index is 550. The van der Waals surface area contributed by atoms with E-state index in [2.05, 4.69) is 52.0 Å². The molecule has 4 N–H and O–H groups in total. The monoisotopic (exact) mass is 256 g/mol. The second-order valence-electron chi connectivity index (χ2n) is 6.30. The molecule has 1 unspecified atom stereocenters. The number of rotatable bonds is 2. The Morgan fingerprint density at radius 3 is 2.42 bits per heavy atom. The molecule has 0 spiro atoms. The van der Waals surface area contributed by atoms with Crippen molar-refractivity contribution in [3.8, 4) is 0 Å². The normalized spacial score (nSPS) is 21.8. The molecular weight excluding hydrogens is 232 g/mol. The van der Waals surface area contributed by atoms with Crippen LogP contribution in [0.4, 0.5) is 5.69 Å². The van der Waals surface area contributed by atoms with E-state index in [-0.39, 0.29) is 5.41 Å². The molecule has 0 radical (unpaired) electrons. The Kier molecular flexibility index (Phi) is 3.44. The van der Waals surface area contributed by atoms with Crippen molar-refractivity contribution in [2.45, 2.75) is 34.1 Å². The largest absolute Gasteiger partial charge is 0.399 e.